The molecule has 2 aliphatic rings. The van der Waals surface area contributed by atoms with Gasteiger partial charge in [-0.15, -0.1) is 0 Å². The van der Waals surface area contributed by atoms with Crippen molar-refractivity contribution in [2.24, 2.45) is 5.92 Å². The minimum Gasteiger partial charge on any atom is -0.468 e. The van der Waals surface area contributed by atoms with Crippen LogP contribution >= 0.6 is 0 Å². The van der Waals surface area contributed by atoms with E-state index in [0.717, 1.165) is 24.8 Å². The zero-order valence-corrected chi connectivity index (χ0v) is 16.9. The van der Waals surface area contributed by atoms with Crippen LogP contribution in [0, 0.1) is 12.8 Å². The van der Waals surface area contributed by atoms with E-state index in [9.17, 15) is 13.2 Å². The molecule has 1 saturated heterocycles. The molecule has 0 aromatic heterocycles. The Labute approximate surface area is 161 Å². The topological polar surface area (TPSA) is 81.7 Å². The SMILES string of the molecule is COC(=O)C1(CCCOS(=O)(=O)c2ccc(C)cc2)CC2CCCCC2N1. The second-order valence-electron chi connectivity index (χ2n) is 7.77. The summed E-state index contributed by atoms with van der Waals surface area (Å²) in [5.74, 6) is 0.244. The first-order valence-electron chi connectivity index (χ1n) is 9.68. The number of fused-ring (bicyclic) bond motifs is 1. The van der Waals surface area contributed by atoms with Gasteiger partial charge < -0.3 is 4.74 Å². The number of nitrogens with one attached hydrogen (secondary N) is 1. The summed E-state index contributed by atoms with van der Waals surface area (Å²) >= 11 is 0. The largest absolute Gasteiger partial charge is 0.468 e. The second-order valence-corrected chi connectivity index (χ2v) is 9.38. The van der Waals surface area contributed by atoms with Crippen molar-refractivity contribution in [3.05, 3.63) is 29.8 Å². The van der Waals surface area contributed by atoms with E-state index in [4.69, 9.17) is 8.92 Å². The van der Waals surface area contributed by atoms with Crippen molar-refractivity contribution in [1.82, 2.24) is 5.32 Å². The van der Waals surface area contributed by atoms with Gasteiger partial charge in [0.05, 0.1) is 18.6 Å². The van der Waals surface area contributed by atoms with Crippen molar-refractivity contribution in [3.8, 4) is 0 Å². The molecular formula is C20H29NO5S. The summed E-state index contributed by atoms with van der Waals surface area (Å²) in [6.07, 6.45) is 6.34. The first kappa shape index (κ1) is 20.3. The van der Waals surface area contributed by atoms with Crippen LogP contribution < -0.4 is 5.32 Å². The van der Waals surface area contributed by atoms with Gasteiger partial charge in [-0.05, 0) is 57.1 Å². The summed E-state index contributed by atoms with van der Waals surface area (Å²) in [6.45, 7) is 1.95. The van der Waals surface area contributed by atoms with Gasteiger partial charge in [0.1, 0.15) is 5.54 Å². The third-order valence-corrected chi connectivity index (χ3v) is 7.18. The lowest BCUT2D eigenvalue weighted by Gasteiger charge is -2.28. The molecular weight excluding hydrogens is 366 g/mol. The van der Waals surface area contributed by atoms with Crippen LogP contribution in [0.1, 0.15) is 50.5 Å². The quantitative estimate of drug-likeness (QED) is 0.434. The number of hydrogen-bond acceptors (Lipinski definition) is 6. The molecule has 1 heterocycles. The van der Waals surface area contributed by atoms with Crippen molar-refractivity contribution < 1.29 is 22.1 Å². The zero-order chi connectivity index (χ0) is 19.5. The molecule has 7 heteroatoms. The van der Waals surface area contributed by atoms with E-state index >= 15 is 0 Å². The van der Waals surface area contributed by atoms with Crippen LogP contribution in [0.15, 0.2) is 29.2 Å². The first-order chi connectivity index (χ1) is 12.9. The number of aryl methyl sites for hydroxylation is 1. The van der Waals surface area contributed by atoms with Gasteiger partial charge in [-0.25, -0.2) is 0 Å². The molecule has 1 aromatic carbocycles. The monoisotopic (exact) mass is 395 g/mol. The van der Waals surface area contributed by atoms with Crippen LogP contribution in [0.5, 0.6) is 0 Å². The number of rotatable bonds is 7. The van der Waals surface area contributed by atoms with E-state index in [1.165, 1.54) is 20.0 Å². The number of ether oxygens (including phenoxy) is 1. The standard InChI is InChI=1S/C20H29NO5S/c1-15-8-10-17(11-9-15)27(23,24)26-13-5-12-20(19(22)25-2)14-16-6-3-4-7-18(16)21-20/h8-11,16,18,21H,3-7,12-14H2,1-2H3. The average Bonchev–Trinajstić information content (AvgIpc) is 3.05. The molecule has 0 spiro atoms. The van der Waals surface area contributed by atoms with Crippen LogP contribution in [0.2, 0.25) is 0 Å². The molecule has 1 aliphatic carbocycles. The second kappa shape index (κ2) is 8.29. The molecule has 1 aliphatic heterocycles. The maximum atomic E-state index is 12.5. The number of carbonyl (C=O) groups is 1. The maximum Gasteiger partial charge on any atom is 0.326 e. The highest BCUT2D eigenvalue weighted by Crippen LogP contribution is 2.40. The molecule has 1 saturated carbocycles. The Morgan fingerprint density at radius 1 is 1.22 bits per heavy atom. The molecule has 150 valence electrons. The molecule has 1 N–H and O–H groups in total. The minimum absolute atomic E-state index is 0.0476. The highest BCUT2D eigenvalue weighted by molar-refractivity contribution is 7.86. The number of methoxy groups -OCH3 is 1. The number of benzene rings is 1. The highest BCUT2D eigenvalue weighted by Gasteiger charge is 2.50. The van der Waals surface area contributed by atoms with Crippen molar-refractivity contribution in [3.63, 3.8) is 0 Å². The van der Waals surface area contributed by atoms with Crippen molar-refractivity contribution >= 4 is 16.1 Å². The van der Waals surface area contributed by atoms with Gasteiger partial charge in [-0.1, -0.05) is 30.5 Å². The molecule has 27 heavy (non-hydrogen) atoms. The predicted octanol–water partition coefficient (Wildman–Crippen LogP) is 2.94. The number of esters is 1. The Morgan fingerprint density at radius 3 is 2.59 bits per heavy atom. The van der Waals surface area contributed by atoms with E-state index < -0.39 is 15.7 Å². The number of carbonyl (C=O) groups excluding carboxylic acids is 1. The molecule has 3 unspecified atom stereocenters. The molecule has 0 bridgehead atoms. The third-order valence-electron chi connectivity index (χ3n) is 5.85. The van der Waals surface area contributed by atoms with Gasteiger partial charge in [0.25, 0.3) is 10.1 Å². The maximum absolute atomic E-state index is 12.5. The van der Waals surface area contributed by atoms with Gasteiger partial charge in [-0.2, -0.15) is 8.42 Å². The Bertz CT molecular complexity index is 745. The summed E-state index contributed by atoms with van der Waals surface area (Å²) < 4.78 is 34.8. The lowest BCUT2D eigenvalue weighted by molar-refractivity contribution is -0.148. The molecule has 6 nitrogen and oxygen atoms in total. The normalized spacial score (nSPS) is 27.9. The first-order valence-corrected chi connectivity index (χ1v) is 11.1. The van der Waals surface area contributed by atoms with Crippen molar-refractivity contribution in [2.75, 3.05) is 13.7 Å². The molecule has 0 amide bonds. The smallest absolute Gasteiger partial charge is 0.326 e. The van der Waals surface area contributed by atoms with Crippen LogP contribution in [0.3, 0.4) is 0 Å². The molecule has 3 rings (SSSR count). The van der Waals surface area contributed by atoms with E-state index in [1.54, 1.807) is 24.3 Å². The average molecular weight is 396 g/mol. The van der Waals surface area contributed by atoms with Gasteiger partial charge in [0, 0.05) is 6.04 Å². The van der Waals surface area contributed by atoms with Gasteiger partial charge >= 0.3 is 5.97 Å². The third kappa shape index (κ3) is 4.52. The van der Waals surface area contributed by atoms with Gasteiger partial charge in [0.2, 0.25) is 0 Å². The van der Waals surface area contributed by atoms with Gasteiger partial charge in [-0.3, -0.25) is 14.3 Å². The molecule has 0 radical (unpaired) electrons. The van der Waals surface area contributed by atoms with Crippen LogP contribution in [0.4, 0.5) is 0 Å². The van der Waals surface area contributed by atoms with Crippen molar-refractivity contribution in [2.45, 2.75) is 68.3 Å². The summed E-state index contributed by atoms with van der Waals surface area (Å²) in [4.78, 5) is 12.6. The Balaban J connectivity index is 1.58. The molecule has 3 atom stereocenters. The fourth-order valence-electron chi connectivity index (χ4n) is 4.43. The Kier molecular flexibility index (Phi) is 6.23. The number of hydrogen-bond donors (Lipinski definition) is 1. The Hall–Kier alpha value is -1.44. The summed E-state index contributed by atoms with van der Waals surface area (Å²) in [7, 11) is -2.37. The summed E-state index contributed by atoms with van der Waals surface area (Å²) in [5.41, 5.74) is 0.272. The molecule has 1 aromatic rings. The lowest BCUT2D eigenvalue weighted by Crippen LogP contribution is -2.50. The van der Waals surface area contributed by atoms with E-state index in [2.05, 4.69) is 5.32 Å². The zero-order valence-electron chi connectivity index (χ0n) is 16.1. The highest BCUT2D eigenvalue weighted by atomic mass is 32.2. The van der Waals surface area contributed by atoms with E-state index in [0.29, 0.717) is 24.8 Å². The summed E-state index contributed by atoms with van der Waals surface area (Å²) in [6, 6.07) is 6.93. The fraction of sp³-hybridized carbons (Fsp3) is 0.650. The molecule has 2 fully saturated rings. The van der Waals surface area contributed by atoms with Crippen LogP contribution in [-0.4, -0.2) is 39.7 Å². The van der Waals surface area contributed by atoms with Crippen LogP contribution in [0.25, 0.3) is 0 Å². The van der Waals surface area contributed by atoms with Crippen molar-refractivity contribution in [1.29, 1.82) is 0 Å². The predicted molar refractivity (Wildman–Crippen MR) is 102 cm³/mol. The Morgan fingerprint density at radius 2 is 1.93 bits per heavy atom. The summed E-state index contributed by atoms with van der Waals surface area (Å²) in [5, 5.41) is 3.51. The van der Waals surface area contributed by atoms with Crippen LogP contribution in [-0.2, 0) is 23.8 Å². The fourth-order valence-corrected chi connectivity index (χ4v) is 5.38. The lowest BCUT2D eigenvalue weighted by atomic mass is 9.81. The van der Waals surface area contributed by atoms with E-state index in [1.807, 2.05) is 6.92 Å². The van der Waals surface area contributed by atoms with Gasteiger partial charge in [0.15, 0.2) is 0 Å². The van der Waals surface area contributed by atoms with E-state index in [-0.39, 0.29) is 17.5 Å². The minimum atomic E-state index is -3.78.